The van der Waals surface area contributed by atoms with Gasteiger partial charge in [0.1, 0.15) is 5.69 Å². The molecule has 0 aliphatic carbocycles. The molecule has 114 valence electrons. The van der Waals surface area contributed by atoms with Crippen LogP contribution in [0, 0.1) is 0 Å². The Morgan fingerprint density at radius 2 is 2.17 bits per heavy atom. The molecule has 0 fully saturated rings. The fourth-order valence-electron chi connectivity index (χ4n) is 2.24. The molecule has 23 heavy (non-hydrogen) atoms. The van der Waals surface area contributed by atoms with Gasteiger partial charge in [-0.3, -0.25) is 4.79 Å². The Morgan fingerprint density at radius 3 is 3.00 bits per heavy atom. The van der Waals surface area contributed by atoms with Crippen molar-refractivity contribution in [2.45, 2.75) is 6.54 Å². The van der Waals surface area contributed by atoms with Crippen molar-refractivity contribution >= 4 is 38.7 Å². The first-order valence-electron chi connectivity index (χ1n) is 7.00. The summed E-state index contributed by atoms with van der Waals surface area (Å²) in [5.74, 6) is -0.0868. The zero-order valence-electron chi connectivity index (χ0n) is 12.0. The van der Waals surface area contributed by atoms with Gasteiger partial charge in [0.15, 0.2) is 0 Å². The van der Waals surface area contributed by atoms with Crippen LogP contribution in [0.4, 0.5) is 0 Å². The van der Waals surface area contributed by atoms with Crippen LogP contribution in [0.15, 0.2) is 53.4 Å². The second-order valence-corrected chi connectivity index (χ2v) is 6.83. The number of fused-ring (bicyclic) bond motifs is 1. The second kappa shape index (κ2) is 5.94. The Morgan fingerprint density at radius 1 is 1.26 bits per heavy atom. The molecule has 0 saturated heterocycles. The van der Waals surface area contributed by atoms with E-state index in [1.165, 1.54) is 11.3 Å². The number of rotatable bonds is 4. The molecule has 3 heterocycles. The van der Waals surface area contributed by atoms with Crippen molar-refractivity contribution in [2.24, 2.45) is 0 Å². The second-order valence-electron chi connectivity index (χ2n) is 4.97. The molecule has 1 aromatic carbocycles. The first-order valence-corrected chi connectivity index (χ1v) is 8.76. The molecule has 1 N–H and O–H groups in total. The Hall–Kier alpha value is -2.51. The molecule has 4 rings (SSSR count). The van der Waals surface area contributed by atoms with E-state index >= 15 is 0 Å². The van der Waals surface area contributed by atoms with Gasteiger partial charge in [-0.25, -0.2) is 4.68 Å². The molecular formula is C16H12N4OS2. The highest BCUT2D eigenvalue weighted by Crippen LogP contribution is 2.25. The fourth-order valence-corrected chi connectivity index (χ4v) is 3.85. The number of nitrogens with one attached hydrogen (secondary N) is 1. The zero-order valence-corrected chi connectivity index (χ0v) is 13.6. The summed E-state index contributed by atoms with van der Waals surface area (Å²) < 4.78 is 2.82. The highest BCUT2D eigenvalue weighted by molar-refractivity contribution is 7.20. The molecule has 0 unspecified atom stereocenters. The Bertz CT molecular complexity index is 922. The van der Waals surface area contributed by atoms with Crippen LogP contribution in [0.25, 0.3) is 15.8 Å². The third kappa shape index (κ3) is 2.88. The van der Waals surface area contributed by atoms with E-state index in [4.69, 9.17) is 0 Å². The van der Waals surface area contributed by atoms with E-state index in [-0.39, 0.29) is 5.91 Å². The van der Waals surface area contributed by atoms with Crippen LogP contribution in [-0.2, 0) is 6.54 Å². The average molecular weight is 340 g/mol. The number of carbonyl (C=O) groups is 1. The van der Waals surface area contributed by atoms with Gasteiger partial charge < -0.3 is 5.32 Å². The van der Waals surface area contributed by atoms with Crippen molar-refractivity contribution in [1.29, 1.82) is 0 Å². The van der Waals surface area contributed by atoms with E-state index in [1.54, 1.807) is 16.0 Å². The lowest BCUT2D eigenvalue weighted by atomic mass is 10.2. The first-order chi connectivity index (χ1) is 11.3. The highest BCUT2D eigenvalue weighted by atomic mass is 32.1. The van der Waals surface area contributed by atoms with Gasteiger partial charge in [0.05, 0.1) is 23.3 Å². The van der Waals surface area contributed by atoms with Gasteiger partial charge in [0.25, 0.3) is 5.91 Å². The fraction of sp³-hybridized carbons (Fsp3) is 0.0625. The maximum absolute atomic E-state index is 12.3. The van der Waals surface area contributed by atoms with Crippen molar-refractivity contribution < 1.29 is 4.79 Å². The molecule has 5 nitrogen and oxygen atoms in total. The predicted octanol–water partition coefficient (Wildman–Crippen LogP) is 3.47. The Kier molecular flexibility index (Phi) is 3.64. The number of nitrogens with zero attached hydrogens (tertiary/aromatic N) is 3. The minimum atomic E-state index is -0.0868. The summed E-state index contributed by atoms with van der Waals surface area (Å²) in [5, 5.41) is 16.1. The van der Waals surface area contributed by atoms with E-state index in [0.29, 0.717) is 11.4 Å². The van der Waals surface area contributed by atoms with Crippen molar-refractivity contribution in [1.82, 2.24) is 20.3 Å². The summed E-state index contributed by atoms with van der Waals surface area (Å²) in [6.45, 7) is 0.358. The molecule has 0 radical (unpaired) electrons. The number of benzene rings is 1. The van der Waals surface area contributed by atoms with Gasteiger partial charge in [-0.15, -0.1) is 16.4 Å². The summed E-state index contributed by atoms with van der Waals surface area (Å²) >= 11 is 3.10. The standard InChI is InChI=1S/C16H12N4OS2/c21-16(15-7-11-3-1-2-4-14(11)23-15)17-8-12-9-20(19-18-12)13-5-6-22-10-13/h1-7,9-10H,8H2,(H,17,21). The quantitative estimate of drug-likeness (QED) is 0.619. The molecule has 4 aromatic rings. The molecule has 0 aliphatic heterocycles. The monoisotopic (exact) mass is 340 g/mol. The van der Waals surface area contributed by atoms with E-state index in [0.717, 1.165) is 21.5 Å². The lowest BCUT2D eigenvalue weighted by molar-refractivity contribution is 0.0954. The lowest BCUT2D eigenvalue weighted by Gasteiger charge is -1.99. The number of thiophene rings is 2. The number of aromatic nitrogens is 3. The van der Waals surface area contributed by atoms with Crippen LogP contribution >= 0.6 is 22.7 Å². The first kappa shape index (κ1) is 14.1. The van der Waals surface area contributed by atoms with Crippen molar-refractivity contribution in [3.05, 3.63) is 63.9 Å². The van der Waals surface area contributed by atoms with E-state index in [2.05, 4.69) is 15.6 Å². The van der Waals surface area contributed by atoms with Crippen LogP contribution in [-0.4, -0.2) is 20.9 Å². The van der Waals surface area contributed by atoms with Gasteiger partial charge in [-0.2, -0.15) is 11.3 Å². The van der Waals surface area contributed by atoms with Crippen molar-refractivity contribution in [3.63, 3.8) is 0 Å². The smallest absolute Gasteiger partial charge is 0.261 e. The maximum atomic E-state index is 12.3. The van der Waals surface area contributed by atoms with E-state index < -0.39 is 0 Å². The largest absolute Gasteiger partial charge is 0.346 e. The summed E-state index contributed by atoms with van der Waals surface area (Å²) in [6.07, 6.45) is 1.83. The van der Waals surface area contributed by atoms with Crippen LogP contribution in [0.3, 0.4) is 0 Å². The van der Waals surface area contributed by atoms with E-state index in [9.17, 15) is 4.79 Å². The third-order valence-electron chi connectivity index (χ3n) is 3.39. The van der Waals surface area contributed by atoms with Crippen molar-refractivity contribution in [3.8, 4) is 5.69 Å². The van der Waals surface area contributed by atoms with Crippen LogP contribution in [0.2, 0.25) is 0 Å². The lowest BCUT2D eigenvalue weighted by Crippen LogP contribution is -2.21. The molecule has 0 spiro atoms. The number of amides is 1. The SMILES string of the molecule is O=C(NCc1cn(-c2ccsc2)nn1)c1cc2ccccc2s1. The van der Waals surface area contributed by atoms with Crippen LogP contribution < -0.4 is 5.32 Å². The molecule has 7 heteroatoms. The average Bonchev–Trinajstić information content (AvgIpc) is 3.31. The normalized spacial score (nSPS) is 11.0. The molecule has 1 amide bonds. The molecule has 3 aromatic heterocycles. The van der Waals surface area contributed by atoms with Crippen LogP contribution in [0.5, 0.6) is 0 Å². The summed E-state index contributed by atoms with van der Waals surface area (Å²) in [4.78, 5) is 13.0. The zero-order chi connectivity index (χ0) is 15.6. The predicted molar refractivity (Wildman–Crippen MR) is 92.2 cm³/mol. The van der Waals surface area contributed by atoms with Crippen LogP contribution in [0.1, 0.15) is 15.4 Å². The number of hydrogen-bond acceptors (Lipinski definition) is 5. The van der Waals surface area contributed by atoms with Crippen molar-refractivity contribution in [2.75, 3.05) is 0 Å². The molecule has 0 atom stereocenters. The molecule has 0 bridgehead atoms. The minimum absolute atomic E-state index is 0.0868. The molecular weight excluding hydrogens is 328 g/mol. The van der Waals surface area contributed by atoms with Gasteiger partial charge in [0.2, 0.25) is 0 Å². The van der Waals surface area contributed by atoms with Gasteiger partial charge in [0, 0.05) is 10.1 Å². The third-order valence-corrected chi connectivity index (χ3v) is 5.18. The molecule has 0 saturated carbocycles. The van der Waals surface area contributed by atoms with Gasteiger partial charge in [-0.1, -0.05) is 23.4 Å². The Labute approximate surface area is 140 Å². The molecule has 0 aliphatic rings. The maximum Gasteiger partial charge on any atom is 0.261 e. The Balaban J connectivity index is 1.45. The van der Waals surface area contributed by atoms with Gasteiger partial charge in [-0.05, 0) is 29.0 Å². The topological polar surface area (TPSA) is 59.8 Å². The summed E-state index contributed by atoms with van der Waals surface area (Å²) in [7, 11) is 0. The number of hydrogen-bond donors (Lipinski definition) is 1. The number of carbonyl (C=O) groups excluding carboxylic acids is 1. The van der Waals surface area contributed by atoms with Gasteiger partial charge >= 0.3 is 0 Å². The van der Waals surface area contributed by atoms with E-state index in [1.807, 2.05) is 53.4 Å². The summed E-state index contributed by atoms with van der Waals surface area (Å²) in [5.41, 5.74) is 1.70. The highest BCUT2D eigenvalue weighted by Gasteiger charge is 2.11. The summed E-state index contributed by atoms with van der Waals surface area (Å²) in [6, 6.07) is 11.9. The minimum Gasteiger partial charge on any atom is -0.346 e.